The van der Waals surface area contributed by atoms with Crippen molar-refractivity contribution >= 4 is 17.5 Å². The van der Waals surface area contributed by atoms with Gasteiger partial charge in [-0.3, -0.25) is 14.5 Å². The number of amides is 2. The van der Waals surface area contributed by atoms with Crippen LogP contribution < -0.4 is 15.5 Å². The molecule has 2 aliphatic heterocycles. The van der Waals surface area contributed by atoms with Gasteiger partial charge in [0.15, 0.2) is 0 Å². The first-order chi connectivity index (χ1) is 16.4. The number of nitrogens with one attached hydrogen (secondary N) is 2. The Balaban J connectivity index is 1.42. The molecule has 1 unspecified atom stereocenters. The molecule has 0 bridgehead atoms. The number of aryl methyl sites for hydroxylation is 1. The van der Waals surface area contributed by atoms with Crippen LogP contribution in [0.2, 0.25) is 0 Å². The summed E-state index contributed by atoms with van der Waals surface area (Å²) in [5.74, 6) is -1.68. The van der Waals surface area contributed by atoms with E-state index in [1.165, 1.54) is 28.9 Å². The number of piperazine rings is 1. The molecule has 8 heteroatoms. The van der Waals surface area contributed by atoms with Crippen LogP contribution in [0.25, 0.3) is 0 Å². The number of halogens is 1. The summed E-state index contributed by atoms with van der Waals surface area (Å²) in [5.41, 5.74) is 4.52. The Labute approximate surface area is 200 Å². The van der Waals surface area contributed by atoms with Crippen LogP contribution in [-0.2, 0) is 22.6 Å². The van der Waals surface area contributed by atoms with Gasteiger partial charge in [0.05, 0.1) is 6.04 Å². The standard InChI is InChI=1S/C26H34FN5O2/c1-30-12-14-32(15-13-30)24(21-7-10-23-20(16-21)4-3-11-31(23)2)18-29-26(34)25(33)28-17-19-5-8-22(27)9-6-19/h5-10,16,24H,3-4,11-15,17-18H2,1-2H3,(H,28,33)(H,29,34). The van der Waals surface area contributed by atoms with Gasteiger partial charge >= 0.3 is 11.8 Å². The minimum atomic E-state index is -0.687. The molecule has 2 aromatic rings. The second kappa shape index (κ2) is 11.0. The number of carbonyl (C=O) groups excluding carboxylic acids is 2. The highest BCUT2D eigenvalue weighted by atomic mass is 19.1. The summed E-state index contributed by atoms with van der Waals surface area (Å²) in [6.07, 6.45) is 2.19. The van der Waals surface area contributed by atoms with Crippen molar-refractivity contribution in [1.29, 1.82) is 0 Å². The number of hydrogen-bond acceptors (Lipinski definition) is 5. The minimum absolute atomic E-state index is 0.0000752. The number of anilines is 1. The van der Waals surface area contributed by atoms with Gasteiger partial charge in [0.1, 0.15) is 5.82 Å². The van der Waals surface area contributed by atoms with Crippen molar-refractivity contribution in [3.8, 4) is 0 Å². The van der Waals surface area contributed by atoms with Crippen LogP contribution in [0, 0.1) is 5.82 Å². The van der Waals surface area contributed by atoms with Crippen molar-refractivity contribution in [3.05, 3.63) is 65.0 Å². The molecule has 1 fully saturated rings. The summed E-state index contributed by atoms with van der Waals surface area (Å²) in [6, 6.07) is 12.5. The first-order valence-corrected chi connectivity index (χ1v) is 12.0. The maximum atomic E-state index is 13.1. The summed E-state index contributed by atoms with van der Waals surface area (Å²) in [7, 11) is 4.24. The first kappa shape index (κ1) is 24.2. The fourth-order valence-electron chi connectivity index (χ4n) is 4.74. The van der Waals surface area contributed by atoms with Crippen LogP contribution in [0.15, 0.2) is 42.5 Å². The Bertz CT molecular complexity index is 1000. The highest BCUT2D eigenvalue weighted by Crippen LogP contribution is 2.31. The van der Waals surface area contributed by atoms with Crippen molar-refractivity contribution in [1.82, 2.24) is 20.4 Å². The second-order valence-corrected chi connectivity index (χ2v) is 9.29. The molecule has 0 spiro atoms. The van der Waals surface area contributed by atoms with Crippen molar-refractivity contribution in [3.63, 3.8) is 0 Å². The third-order valence-corrected chi connectivity index (χ3v) is 6.85. The van der Waals surface area contributed by atoms with E-state index in [0.717, 1.165) is 51.1 Å². The lowest BCUT2D eigenvalue weighted by Gasteiger charge is -2.39. The fraction of sp³-hybridized carbons (Fsp3) is 0.462. The van der Waals surface area contributed by atoms with E-state index in [1.807, 2.05) is 0 Å². The third kappa shape index (κ3) is 5.93. The molecule has 1 saturated heterocycles. The molecule has 2 heterocycles. The number of nitrogens with zero attached hydrogens (tertiary/aromatic N) is 3. The lowest BCUT2D eigenvalue weighted by Crippen LogP contribution is -2.49. The van der Waals surface area contributed by atoms with Gasteiger partial charge in [-0.05, 0) is 54.8 Å². The largest absolute Gasteiger partial charge is 0.374 e. The number of likely N-dealkylation sites (N-methyl/N-ethyl adjacent to an activating group) is 1. The van der Waals surface area contributed by atoms with Crippen LogP contribution in [0.3, 0.4) is 0 Å². The van der Waals surface area contributed by atoms with E-state index in [2.05, 4.69) is 57.6 Å². The summed E-state index contributed by atoms with van der Waals surface area (Å²) in [4.78, 5) is 31.9. The zero-order chi connectivity index (χ0) is 24.1. The summed E-state index contributed by atoms with van der Waals surface area (Å²) in [6.45, 7) is 5.35. The molecule has 2 aliphatic rings. The highest BCUT2D eigenvalue weighted by Gasteiger charge is 2.27. The molecule has 7 nitrogen and oxygen atoms in total. The van der Waals surface area contributed by atoms with Gasteiger partial charge in [-0.15, -0.1) is 0 Å². The molecule has 34 heavy (non-hydrogen) atoms. The third-order valence-electron chi connectivity index (χ3n) is 6.85. The number of carbonyl (C=O) groups is 2. The highest BCUT2D eigenvalue weighted by molar-refractivity contribution is 6.35. The number of benzene rings is 2. The summed E-state index contributed by atoms with van der Waals surface area (Å²) in [5, 5.41) is 5.46. The predicted octanol–water partition coefficient (Wildman–Crippen LogP) is 1.93. The van der Waals surface area contributed by atoms with Crippen LogP contribution >= 0.6 is 0 Å². The predicted molar refractivity (Wildman–Crippen MR) is 131 cm³/mol. The van der Waals surface area contributed by atoms with E-state index in [0.29, 0.717) is 6.54 Å². The molecule has 2 N–H and O–H groups in total. The van der Waals surface area contributed by atoms with Gasteiger partial charge in [0.2, 0.25) is 0 Å². The Morgan fingerprint density at radius 2 is 1.65 bits per heavy atom. The second-order valence-electron chi connectivity index (χ2n) is 9.29. The Morgan fingerprint density at radius 3 is 2.38 bits per heavy atom. The average molecular weight is 468 g/mol. The maximum Gasteiger partial charge on any atom is 0.309 e. The molecule has 0 aliphatic carbocycles. The summed E-state index contributed by atoms with van der Waals surface area (Å²) >= 11 is 0. The van der Waals surface area contributed by atoms with Crippen LogP contribution in [-0.4, -0.2) is 75.0 Å². The molecule has 0 radical (unpaired) electrons. The molecule has 0 aromatic heterocycles. The molecular weight excluding hydrogens is 433 g/mol. The van der Waals surface area contributed by atoms with E-state index >= 15 is 0 Å². The number of hydrogen-bond donors (Lipinski definition) is 2. The number of rotatable bonds is 6. The van der Waals surface area contributed by atoms with Crippen LogP contribution in [0.1, 0.15) is 29.2 Å². The van der Waals surface area contributed by atoms with Gasteiger partial charge in [0.25, 0.3) is 0 Å². The quantitative estimate of drug-likeness (QED) is 0.636. The van der Waals surface area contributed by atoms with Gasteiger partial charge in [0, 0.05) is 58.5 Å². The number of fused-ring (bicyclic) bond motifs is 1. The molecule has 2 aromatic carbocycles. The molecular formula is C26H34FN5O2. The minimum Gasteiger partial charge on any atom is -0.374 e. The monoisotopic (exact) mass is 467 g/mol. The van der Waals surface area contributed by atoms with Crippen LogP contribution in [0.4, 0.5) is 10.1 Å². The van der Waals surface area contributed by atoms with Crippen molar-refractivity contribution < 1.29 is 14.0 Å². The molecule has 0 saturated carbocycles. The van der Waals surface area contributed by atoms with Crippen LogP contribution in [0.5, 0.6) is 0 Å². The average Bonchev–Trinajstić information content (AvgIpc) is 2.84. The maximum absolute atomic E-state index is 13.1. The lowest BCUT2D eigenvalue weighted by molar-refractivity contribution is -0.139. The molecule has 182 valence electrons. The van der Waals surface area contributed by atoms with Gasteiger partial charge in [-0.1, -0.05) is 24.3 Å². The molecule has 1 atom stereocenters. The zero-order valence-corrected chi connectivity index (χ0v) is 20.0. The Kier molecular flexibility index (Phi) is 7.80. The van der Waals surface area contributed by atoms with E-state index in [-0.39, 0.29) is 18.4 Å². The van der Waals surface area contributed by atoms with E-state index in [1.54, 1.807) is 12.1 Å². The first-order valence-electron chi connectivity index (χ1n) is 12.0. The molecule has 4 rings (SSSR count). The normalized spacial score (nSPS) is 17.7. The Morgan fingerprint density at radius 1 is 0.941 bits per heavy atom. The smallest absolute Gasteiger partial charge is 0.309 e. The Hall–Kier alpha value is -2.97. The summed E-state index contributed by atoms with van der Waals surface area (Å²) < 4.78 is 13.1. The van der Waals surface area contributed by atoms with Gasteiger partial charge in [-0.2, -0.15) is 0 Å². The van der Waals surface area contributed by atoms with Gasteiger partial charge in [-0.25, -0.2) is 4.39 Å². The SMILES string of the molecule is CN1CCN(C(CNC(=O)C(=O)NCc2ccc(F)cc2)c2ccc3c(c2)CCCN3C)CC1. The van der Waals surface area contributed by atoms with E-state index in [9.17, 15) is 14.0 Å². The van der Waals surface area contributed by atoms with Crippen molar-refractivity contribution in [2.45, 2.75) is 25.4 Å². The van der Waals surface area contributed by atoms with E-state index < -0.39 is 11.8 Å². The topological polar surface area (TPSA) is 67.9 Å². The van der Waals surface area contributed by atoms with Crippen molar-refractivity contribution in [2.24, 2.45) is 0 Å². The fourth-order valence-corrected chi connectivity index (χ4v) is 4.74. The van der Waals surface area contributed by atoms with E-state index in [4.69, 9.17) is 0 Å². The van der Waals surface area contributed by atoms with Crippen molar-refractivity contribution in [2.75, 3.05) is 58.3 Å². The molecule has 2 amide bonds. The van der Waals surface area contributed by atoms with Gasteiger partial charge < -0.3 is 20.4 Å². The lowest BCUT2D eigenvalue weighted by atomic mass is 9.95. The zero-order valence-electron chi connectivity index (χ0n) is 20.0.